The minimum absolute atomic E-state index is 0.0513. The van der Waals surface area contributed by atoms with Crippen molar-refractivity contribution in [2.75, 3.05) is 6.54 Å². The first-order chi connectivity index (χ1) is 6.95. The summed E-state index contributed by atoms with van der Waals surface area (Å²) in [4.78, 5) is 0. The van der Waals surface area contributed by atoms with Gasteiger partial charge >= 0.3 is 6.18 Å². The Labute approximate surface area is 86.1 Å². The van der Waals surface area contributed by atoms with Crippen molar-refractivity contribution in [3.05, 3.63) is 18.0 Å². The molecule has 1 aromatic heterocycles. The van der Waals surface area contributed by atoms with Crippen LogP contribution in [0.2, 0.25) is 0 Å². The third-order valence-corrected chi connectivity index (χ3v) is 2.21. The molecule has 0 bridgehead atoms. The Kier molecular flexibility index (Phi) is 3.73. The van der Waals surface area contributed by atoms with E-state index in [1.807, 2.05) is 6.92 Å². The van der Waals surface area contributed by atoms with E-state index in [1.165, 1.54) is 4.68 Å². The van der Waals surface area contributed by atoms with Crippen LogP contribution in [0.5, 0.6) is 0 Å². The summed E-state index contributed by atoms with van der Waals surface area (Å²) in [6.45, 7) is 2.36. The molecular formula is C9H14F3N3. The molecule has 1 heterocycles. The van der Waals surface area contributed by atoms with Crippen molar-refractivity contribution in [2.24, 2.45) is 5.73 Å². The van der Waals surface area contributed by atoms with Crippen LogP contribution in [-0.2, 0) is 6.18 Å². The van der Waals surface area contributed by atoms with Crippen molar-refractivity contribution in [3.8, 4) is 0 Å². The summed E-state index contributed by atoms with van der Waals surface area (Å²) in [6.07, 6.45) is -0.927. The molecule has 1 aromatic rings. The Balaban J connectivity index is 2.67. The molecule has 3 nitrogen and oxygen atoms in total. The highest BCUT2D eigenvalue weighted by atomic mass is 19.4. The number of hydrogen-bond acceptors (Lipinski definition) is 2. The first-order valence-electron chi connectivity index (χ1n) is 4.76. The first kappa shape index (κ1) is 12.0. The van der Waals surface area contributed by atoms with Crippen LogP contribution in [0.4, 0.5) is 13.2 Å². The van der Waals surface area contributed by atoms with Crippen LogP contribution in [0, 0.1) is 0 Å². The van der Waals surface area contributed by atoms with Crippen molar-refractivity contribution < 1.29 is 13.2 Å². The molecule has 0 aliphatic carbocycles. The largest absolute Gasteiger partial charge is 0.419 e. The van der Waals surface area contributed by atoms with E-state index in [1.54, 1.807) is 0 Å². The lowest BCUT2D eigenvalue weighted by molar-refractivity contribution is -0.137. The van der Waals surface area contributed by atoms with Gasteiger partial charge in [0, 0.05) is 12.2 Å². The fourth-order valence-corrected chi connectivity index (χ4v) is 1.27. The number of halogens is 3. The van der Waals surface area contributed by atoms with Crippen LogP contribution in [0.25, 0.3) is 0 Å². The average Bonchev–Trinajstić information content (AvgIpc) is 2.62. The highest BCUT2D eigenvalue weighted by Crippen LogP contribution is 2.29. The van der Waals surface area contributed by atoms with Crippen molar-refractivity contribution in [1.29, 1.82) is 0 Å². The maximum absolute atomic E-state index is 12.2. The molecule has 0 fully saturated rings. The Morgan fingerprint density at radius 3 is 2.67 bits per heavy atom. The van der Waals surface area contributed by atoms with Crippen LogP contribution in [-0.4, -0.2) is 16.3 Å². The fourth-order valence-electron chi connectivity index (χ4n) is 1.27. The predicted molar refractivity (Wildman–Crippen MR) is 50.2 cm³/mol. The zero-order valence-electron chi connectivity index (χ0n) is 8.46. The lowest BCUT2D eigenvalue weighted by Crippen LogP contribution is -2.09. The molecule has 0 aliphatic heterocycles. The van der Waals surface area contributed by atoms with Gasteiger partial charge in [0.05, 0.1) is 11.8 Å². The van der Waals surface area contributed by atoms with E-state index >= 15 is 0 Å². The second-order valence-corrected chi connectivity index (χ2v) is 3.49. The number of rotatable bonds is 4. The Morgan fingerprint density at radius 2 is 2.20 bits per heavy atom. The van der Waals surface area contributed by atoms with Gasteiger partial charge in [-0.05, 0) is 26.3 Å². The molecule has 0 radical (unpaired) electrons. The average molecular weight is 221 g/mol. The molecule has 6 heteroatoms. The molecular weight excluding hydrogens is 207 g/mol. The molecule has 1 rings (SSSR count). The summed E-state index contributed by atoms with van der Waals surface area (Å²) in [5.41, 5.74) is 4.61. The van der Waals surface area contributed by atoms with Crippen LogP contribution < -0.4 is 5.73 Å². The molecule has 0 aliphatic rings. The number of nitrogens with zero attached hydrogens (tertiary/aromatic N) is 2. The Morgan fingerprint density at radius 1 is 1.53 bits per heavy atom. The van der Waals surface area contributed by atoms with Gasteiger partial charge in [-0.3, -0.25) is 4.68 Å². The highest BCUT2D eigenvalue weighted by molar-refractivity contribution is 5.08. The standard InChI is InChI=1S/C9H14F3N3/c1-7(3-2-4-13)15-6-8(5-14-15)9(10,11)12/h5-7H,2-4,13H2,1H3. The van der Waals surface area contributed by atoms with E-state index in [2.05, 4.69) is 5.10 Å². The molecule has 86 valence electrons. The van der Waals surface area contributed by atoms with Gasteiger partial charge < -0.3 is 5.73 Å². The summed E-state index contributed by atoms with van der Waals surface area (Å²) >= 11 is 0. The van der Waals surface area contributed by atoms with Gasteiger partial charge in [-0.15, -0.1) is 0 Å². The SMILES string of the molecule is CC(CCCN)n1cc(C(F)(F)F)cn1. The van der Waals surface area contributed by atoms with Crippen LogP contribution >= 0.6 is 0 Å². The van der Waals surface area contributed by atoms with Crippen molar-refractivity contribution in [2.45, 2.75) is 32.0 Å². The number of alkyl halides is 3. The third-order valence-electron chi connectivity index (χ3n) is 2.21. The summed E-state index contributed by atoms with van der Waals surface area (Å²) in [7, 11) is 0. The van der Waals surface area contributed by atoms with Gasteiger partial charge in [-0.2, -0.15) is 18.3 Å². The van der Waals surface area contributed by atoms with Gasteiger partial charge in [0.1, 0.15) is 0 Å². The summed E-state index contributed by atoms with van der Waals surface area (Å²) in [5, 5.41) is 3.69. The van der Waals surface area contributed by atoms with Crippen LogP contribution in [0.15, 0.2) is 12.4 Å². The first-order valence-corrected chi connectivity index (χ1v) is 4.76. The maximum Gasteiger partial charge on any atom is 0.419 e. The number of hydrogen-bond donors (Lipinski definition) is 1. The lowest BCUT2D eigenvalue weighted by atomic mass is 10.2. The molecule has 0 amide bonds. The molecule has 0 saturated carbocycles. The van der Waals surface area contributed by atoms with Gasteiger partial charge in [0.15, 0.2) is 0 Å². The van der Waals surface area contributed by atoms with E-state index in [4.69, 9.17) is 5.73 Å². The third kappa shape index (κ3) is 3.23. The smallest absolute Gasteiger partial charge is 0.330 e. The van der Waals surface area contributed by atoms with Crippen LogP contribution in [0.1, 0.15) is 31.4 Å². The lowest BCUT2D eigenvalue weighted by Gasteiger charge is -2.10. The molecule has 1 atom stereocenters. The number of aromatic nitrogens is 2. The molecule has 0 spiro atoms. The Hall–Kier alpha value is -1.04. The monoisotopic (exact) mass is 221 g/mol. The number of nitrogens with two attached hydrogens (primary N) is 1. The molecule has 0 aromatic carbocycles. The van der Waals surface area contributed by atoms with Gasteiger partial charge in [-0.25, -0.2) is 0 Å². The fraction of sp³-hybridized carbons (Fsp3) is 0.667. The van der Waals surface area contributed by atoms with Crippen molar-refractivity contribution >= 4 is 0 Å². The molecule has 15 heavy (non-hydrogen) atoms. The van der Waals surface area contributed by atoms with E-state index in [9.17, 15) is 13.2 Å². The predicted octanol–water partition coefficient (Wildman–Crippen LogP) is 2.20. The highest BCUT2D eigenvalue weighted by Gasteiger charge is 2.32. The van der Waals surface area contributed by atoms with E-state index in [0.29, 0.717) is 6.54 Å². The van der Waals surface area contributed by atoms with Gasteiger partial charge in [0.2, 0.25) is 0 Å². The second-order valence-electron chi connectivity index (χ2n) is 3.49. The van der Waals surface area contributed by atoms with E-state index in [-0.39, 0.29) is 6.04 Å². The van der Waals surface area contributed by atoms with Crippen LogP contribution in [0.3, 0.4) is 0 Å². The summed E-state index contributed by atoms with van der Waals surface area (Å²) in [6, 6.07) is -0.0513. The minimum atomic E-state index is -4.31. The molecule has 0 saturated heterocycles. The zero-order valence-corrected chi connectivity index (χ0v) is 8.46. The van der Waals surface area contributed by atoms with E-state index in [0.717, 1.165) is 25.2 Å². The normalized spacial score (nSPS) is 14.2. The molecule has 1 unspecified atom stereocenters. The van der Waals surface area contributed by atoms with Crippen molar-refractivity contribution in [1.82, 2.24) is 9.78 Å². The second kappa shape index (κ2) is 4.65. The maximum atomic E-state index is 12.2. The topological polar surface area (TPSA) is 43.8 Å². The van der Waals surface area contributed by atoms with Gasteiger partial charge in [-0.1, -0.05) is 0 Å². The van der Waals surface area contributed by atoms with E-state index < -0.39 is 11.7 Å². The summed E-state index contributed by atoms with van der Waals surface area (Å²) < 4.78 is 38.1. The quantitative estimate of drug-likeness (QED) is 0.847. The van der Waals surface area contributed by atoms with Crippen molar-refractivity contribution in [3.63, 3.8) is 0 Å². The minimum Gasteiger partial charge on any atom is -0.330 e. The summed E-state index contributed by atoms with van der Waals surface area (Å²) in [5.74, 6) is 0. The van der Waals surface area contributed by atoms with Gasteiger partial charge in [0.25, 0.3) is 0 Å². The molecule has 2 N–H and O–H groups in total. The Bertz CT molecular complexity index is 306. The zero-order chi connectivity index (χ0) is 11.5.